The first kappa shape index (κ1) is 9.68. The predicted octanol–water partition coefficient (Wildman–Crippen LogP) is 2.09. The maximum Gasteiger partial charge on any atom is 0.0794 e. The second-order valence-corrected chi connectivity index (χ2v) is 4.05. The van der Waals surface area contributed by atoms with Crippen LogP contribution in [0.15, 0.2) is 10.9 Å². The third-order valence-electron chi connectivity index (χ3n) is 1.95. The molecule has 0 aliphatic carbocycles. The minimum absolute atomic E-state index is 0.188. The zero-order valence-electron chi connectivity index (χ0n) is 7.53. The fourth-order valence-electron chi connectivity index (χ4n) is 0.990. The van der Waals surface area contributed by atoms with E-state index in [1.807, 2.05) is 24.7 Å². The molecule has 0 saturated carbocycles. The van der Waals surface area contributed by atoms with Crippen LogP contribution in [-0.4, -0.2) is 16.2 Å². The fourth-order valence-corrected chi connectivity index (χ4v) is 1.58. The number of aryl methyl sites for hydroxylation is 1. The van der Waals surface area contributed by atoms with Gasteiger partial charge in [-0.1, -0.05) is 13.8 Å². The van der Waals surface area contributed by atoms with Crippen LogP contribution in [0.25, 0.3) is 0 Å². The van der Waals surface area contributed by atoms with Crippen LogP contribution in [0.1, 0.15) is 26.0 Å². The third-order valence-corrected chi connectivity index (χ3v) is 2.58. The minimum Gasteiger partial charge on any atom is -0.393 e. The number of aliphatic hydroxyl groups is 1. The zero-order chi connectivity index (χ0) is 8.97. The molecule has 0 bridgehead atoms. The highest BCUT2D eigenvalue weighted by molar-refractivity contribution is 7.07. The Bertz CT molecular complexity index is 208. The molecule has 2 nitrogen and oxygen atoms in total. The lowest BCUT2D eigenvalue weighted by atomic mass is 10.0. The Hall–Kier alpha value is -0.410. The largest absolute Gasteiger partial charge is 0.393 e. The summed E-state index contributed by atoms with van der Waals surface area (Å²) >= 11 is 1.61. The molecular formula is C9H15NOS. The second kappa shape index (κ2) is 4.58. The van der Waals surface area contributed by atoms with Gasteiger partial charge in [-0.25, -0.2) is 4.98 Å². The van der Waals surface area contributed by atoms with Crippen LogP contribution in [0.5, 0.6) is 0 Å². The Morgan fingerprint density at radius 3 is 2.83 bits per heavy atom. The molecule has 1 N–H and O–H groups in total. The summed E-state index contributed by atoms with van der Waals surface area (Å²) < 4.78 is 0. The van der Waals surface area contributed by atoms with Crippen LogP contribution < -0.4 is 0 Å². The highest BCUT2D eigenvalue weighted by Crippen LogP contribution is 2.10. The molecule has 0 aromatic carbocycles. The van der Waals surface area contributed by atoms with Gasteiger partial charge in [0.2, 0.25) is 0 Å². The van der Waals surface area contributed by atoms with Gasteiger partial charge in [0.25, 0.3) is 0 Å². The quantitative estimate of drug-likeness (QED) is 0.779. The number of aliphatic hydroxyl groups excluding tert-OH is 1. The first-order valence-corrected chi connectivity index (χ1v) is 5.19. The van der Waals surface area contributed by atoms with Crippen molar-refractivity contribution in [3.8, 4) is 0 Å². The number of nitrogens with zero attached hydrogens (tertiary/aromatic N) is 1. The summed E-state index contributed by atoms with van der Waals surface area (Å²) in [4.78, 5) is 4.15. The molecule has 1 atom stereocenters. The number of rotatable bonds is 4. The molecule has 12 heavy (non-hydrogen) atoms. The molecular weight excluding hydrogens is 170 g/mol. The SMILES string of the molecule is CC(C)C(O)CCc1cscn1. The highest BCUT2D eigenvalue weighted by atomic mass is 32.1. The van der Waals surface area contributed by atoms with Crippen LogP contribution >= 0.6 is 11.3 Å². The van der Waals surface area contributed by atoms with E-state index in [0.717, 1.165) is 18.5 Å². The summed E-state index contributed by atoms with van der Waals surface area (Å²) in [6.45, 7) is 4.07. The first-order chi connectivity index (χ1) is 5.70. The number of hydrogen-bond donors (Lipinski definition) is 1. The normalized spacial score (nSPS) is 13.7. The number of thiazole rings is 1. The van der Waals surface area contributed by atoms with Gasteiger partial charge in [-0.3, -0.25) is 0 Å². The van der Waals surface area contributed by atoms with Gasteiger partial charge in [-0.05, 0) is 18.8 Å². The Kier molecular flexibility index (Phi) is 3.69. The summed E-state index contributed by atoms with van der Waals surface area (Å²) in [5.41, 5.74) is 2.93. The molecule has 0 amide bonds. The molecule has 0 aliphatic heterocycles. The Balaban J connectivity index is 2.27. The van der Waals surface area contributed by atoms with E-state index in [1.165, 1.54) is 0 Å². The van der Waals surface area contributed by atoms with Gasteiger partial charge < -0.3 is 5.11 Å². The molecule has 0 saturated heterocycles. The summed E-state index contributed by atoms with van der Waals surface area (Å²) in [5, 5.41) is 11.5. The summed E-state index contributed by atoms with van der Waals surface area (Å²) in [5.74, 6) is 0.351. The topological polar surface area (TPSA) is 33.1 Å². The van der Waals surface area contributed by atoms with Gasteiger partial charge in [0, 0.05) is 5.38 Å². The average molecular weight is 185 g/mol. The third kappa shape index (κ3) is 2.91. The maximum atomic E-state index is 9.50. The van der Waals surface area contributed by atoms with Crippen molar-refractivity contribution in [3.63, 3.8) is 0 Å². The van der Waals surface area contributed by atoms with E-state index in [0.29, 0.717) is 5.92 Å². The van der Waals surface area contributed by atoms with Crippen molar-refractivity contribution in [2.24, 2.45) is 5.92 Å². The Labute approximate surface area is 77.3 Å². The van der Waals surface area contributed by atoms with Gasteiger partial charge in [0.05, 0.1) is 17.3 Å². The van der Waals surface area contributed by atoms with Crippen molar-refractivity contribution in [3.05, 3.63) is 16.6 Å². The first-order valence-electron chi connectivity index (χ1n) is 4.25. The lowest BCUT2D eigenvalue weighted by molar-refractivity contribution is 0.116. The highest BCUT2D eigenvalue weighted by Gasteiger charge is 2.09. The summed E-state index contributed by atoms with van der Waals surface area (Å²) in [6.07, 6.45) is 1.52. The smallest absolute Gasteiger partial charge is 0.0794 e. The molecule has 68 valence electrons. The van der Waals surface area contributed by atoms with Crippen molar-refractivity contribution in [2.45, 2.75) is 32.8 Å². The molecule has 1 aromatic rings. The van der Waals surface area contributed by atoms with Crippen LogP contribution in [0, 0.1) is 5.92 Å². The van der Waals surface area contributed by atoms with Gasteiger partial charge >= 0.3 is 0 Å². The van der Waals surface area contributed by atoms with E-state index >= 15 is 0 Å². The van der Waals surface area contributed by atoms with Gasteiger partial charge in [0.15, 0.2) is 0 Å². The molecule has 0 spiro atoms. The summed E-state index contributed by atoms with van der Waals surface area (Å²) in [6, 6.07) is 0. The Morgan fingerprint density at radius 1 is 1.58 bits per heavy atom. The van der Waals surface area contributed by atoms with E-state index < -0.39 is 0 Å². The lowest BCUT2D eigenvalue weighted by Gasteiger charge is -2.12. The molecule has 1 heterocycles. The van der Waals surface area contributed by atoms with Crippen LogP contribution in [-0.2, 0) is 6.42 Å². The van der Waals surface area contributed by atoms with E-state index in [-0.39, 0.29) is 6.10 Å². The maximum absolute atomic E-state index is 9.50. The van der Waals surface area contributed by atoms with E-state index in [9.17, 15) is 5.11 Å². The molecule has 0 radical (unpaired) electrons. The molecule has 1 rings (SSSR count). The zero-order valence-corrected chi connectivity index (χ0v) is 8.34. The van der Waals surface area contributed by atoms with E-state index in [2.05, 4.69) is 4.98 Å². The van der Waals surface area contributed by atoms with Crippen molar-refractivity contribution < 1.29 is 5.11 Å². The van der Waals surface area contributed by atoms with Crippen molar-refractivity contribution in [2.75, 3.05) is 0 Å². The predicted molar refractivity (Wildman–Crippen MR) is 51.3 cm³/mol. The molecule has 0 fully saturated rings. The van der Waals surface area contributed by atoms with Crippen molar-refractivity contribution in [1.82, 2.24) is 4.98 Å². The average Bonchev–Trinajstić information content (AvgIpc) is 2.51. The van der Waals surface area contributed by atoms with E-state index in [1.54, 1.807) is 11.3 Å². The molecule has 0 aliphatic rings. The van der Waals surface area contributed by atoms with Crippen LogP contribution in [0.4, 0.5) is 0 Å². The van der Waals surface area contributed by atoms with Gasteiger partial charge in [-0.2, -0.15) is 0 Å². The molecule has 3 heteroatoms. The minimum atomic E-state index is -0.188. The van der Waals surface area contributed by atoms with Crippen LogP contribution in [0.3, 0.4) is 0 Å². The standard InChI is InChI=1S/C9H15NOS/c1-7(2)9(11)4-3-8-5-12-6-10-8/h5-7,9,11H,3-4H2,1-2H3. The monoisotopic (exact) mass is 185 g/mol. The van der Waals surface area contributed by atoms with Crippen LogP contribution in [0.2, 0.25) is 0 Å². The lowest BCUT2D eigenvalue weighted by Crippen LogP contribution is -2.15. The number of aromatic nitrogens is 1. The van der Waals surface area contributed by atoms with Crippen molar-refractivity contribution in [1.29, 1.82) is 0 Å². The van der Waals surface area contributed by atoms with Gasteiger partial charge in [0.1, 0.15) is 0 Å². The summed E-state index contributed by atoms with van der Waals surface area (Å²) in [7, 11) is 0. The fraction of sp³-hybridized carbons (Fsp3) is 0.667. The second-order valence-electron chi connectivity index (χ2n) is 3.33. The molecule has 1 unspecified atom stereocenters. The molecule has 1 aromatic heterocycles. The Morgan fingerprint density at radius 2 is 2.33 bits per heavy atom. The van der Waals surface area contributed by atoms with Crippen molar-refractivity contribution >= 4 is 11.3 Å². The number of hydrogen-bond acceptors (Lipinski definition) is 3. The van der Waals surface area contributed by atoms with Gasteiger partial charge in [-0.15, -0.1) is 11.3 Å². The van der Waals surface area contributed by atoms with E-state index in [4.69, 9.17) is 0 Å².